The molecule has 0 spiro atoms. The molecule has 2 atom stereocenters. The molecule has 0 aromatic heterocycles. The third-order valence-corrected chi connectivity index (χ3v) is 7.32. The molecule has 2 aliphatic heterocycles. The molecule has 2 unspecified atom stereocenters. The Morgan fingerprint density at radius 1 is 0.833 bits per heavy atom. The van der Waals surface area contributed by atoms with Gasteiger partial charge in [0.15, 0.2) is 5.78 Å². The summed E-state index contributed by atoms with van der Waals surface area (Å²) in [5, 5.41) is 6.16. The Balaban J connectivity index is 1.66. The predicted molar refractivity (Wildman–Crippen MR) is 103 cm³/mol. The monoisotopic (exact) mass is 332 g/mol. The Morgan fingerprint density at radius 2 is 1.46 bits per heavy atom. The van der Waals surface area contributed by atoms with Gasteiger partial charge in [0.1, 0.15) is 0 Å². The van der Waals surface area contributed by atoms with E-state index in [1.165, 1.54) is 29.0 Å². The molecule has 1 nitrogen and oxygen atoms in total. The van der Waals surface area contributed by atoms with Crippen molar-refractivity contribution in [2.45, 2.75) is 36.2 Å². The van der Waals surface area contributed by atoms with Crippen LogP contribution in [0.1, 0.15) is 36.0 Å². The van der Waals surface area contributed by atoms with Gasteiger partial charge in [0, 0.05) is 22.0 Å². The summed E-state index contributed by atoms with van der Waals surface area (Å²) in [6.45, 7) is 0. The zero-order valence-electron chi connectivity index (χ0n) is 13.6. The van der Waals surface area contributed by atoms with Gasteiger partial charge in [-0.2, -0.15) is 11.8 Å². The molecule has 2 aliphatic rings. The van der Waals surface area contributed by atoms with Crippen molar-refractivity contribution in [2.24, 2.45) is 5.92 Å². The van der Waals surface area contributed by atoms with Crippen molar-refractivity contribution in [1.29, 1.82) is 0 Å². The molecule has 2 saturated heterocycles. The highest BCUT2D eigenvalue weighted by Crippen LogP contribution is 2.47. The molecule has 0 amide bonds. The molecular formula is C22H20OS. The summed E-state index contributed by atoms with van der Waals surface area (Å²) in [7, 11) is 0. The number of thioether (sulfide) groups is 1. The van der Waals surface area contributed by atoms with E-state index in [0.717, 1.165) is 23.8 Å². The maximum atomic E-state index is 13.4. The van der Waals surface area contributed by atoms with Crippen LogP contribution < -0.4 is 0 Å². The molecule has 3 aromatic rings. The normalized spacial score (nSPS) is 26.1. The standard InChI is InChI=1S/C22H20OS/c23-22(15-11-16-9-10-17(12-15)24-16)21-13-14-5-1-2-6-18(14)19-7-3-4-8-20(19)21/h1-8,13,15-17H,9-12H2. The number of benzene rings is 3. The van der Waals surface area contributed by atoms with Crippen molar-refractivity contribution < 1.29 is 4.79 Å². The Bertz CT molecular complexity index is 933. The number of carbonyl (C=O) groups is 1. The van der Waals surface area contributed by atoms with Gasteiger partial charge in [-0.15, -0.1) is 0 Å². The summed E-state index contributed by atoms with van der Waals surface area (Å²) in [6.07, 6.45) is 4.75. The first kappa shape index (κ1) is 14.5. The molecule has 2 fully saturated rings. The largest absolute Gasteiger partial charge is 0.294 e. The average molecular weight is 332 g/mol. The van der Waals surface area contributed by atoms with E-state index in [0.29, 0.717) is 16.3 Å². The first-order valence-electron chi connectivity index (χ1n) is 8.90. The third kappa shape index (κ3) is 2.28. The lowest BCUT2D eigenvalue weighted by atomic mass is 9.86. The first-order chi connectivity index (χ1) is 11.8. The maximum Gasteiger partial charge on any atom is 0.166 e. The van der Waals surface area contributed by atoms with Crippen molar-refractivity contribution >= 4 is 39.1 Å². The zero-order valence-corrected chi connectivity index (χ0v) is 14.4. The number of ketones is 1. The van der Waals surface area contributed by atoms with Gasteiger partial charge in [0.05, 0.1) is 0 Å². The number of fused-ring (bicyclic) bond motifs is 5. The quantitative estimate of drug-likeness (QED) is 0.432. The van der Waals surface area contributed by atoms with Crippen molar-refractivity contribution in [3.8, 4) is 0 Å². The average Bonchev–Trinajstić information content (AvgIpc) is 2.98. The van der Waals surface area contributed by atoms with Gasteiger partial charge in [-0.25, -0.2) is 0 Å². The maximum absolute atomic E-state index is 13.4. The molecule has 5 rings (SSSR count). The van der Waals surface area contributed by atoms with Crippen LogP contribution in [-0.2, 0) is 0 Å². The lowest BCUT2D eigenvalue weighted by molar-refractivity contribution is 0.0909. The van der Waals surface area contributed by atoms with Crippen molar-refractivity contribution in [2.75, 3.05) is 0 Å². The summed E-state index contributed by atoms with van der Waals surface area (Å²) in [4.78, 5) is 13.4. The highest BCUT2D eigenvalue weighted by atomic mass is 32.2. The smallest absolute Gasteiger partial charge is 0.166 e. The van der Waals surface area contributed by atoms with Gasteiger partial charge >= 0.3 is 0 Å². The Labute approximate surface area is 146 Å². The zero-order chi connectivity index (χ0) is 16.1. The van der Waals surface area contributed by atoms with E-state index in [4.69, 9.17) is 0 Å². The highest BCUT2D eigenvalue weighted by molar-refractivity contribution is 8.00. The van der Waals surface area contributed by atoms with E-state index < -0.39 is 0 Å². The second-order valence-electron chi connectivity index (χ2n) is 7.18. The van der Waals surface area contributed by atoms with Crippen LogP contribution in [0, 0.1) is 5.92 Å². The van der Waals surface area contributed by atoms with Gasteiger partial charge in [-0.05, 0) is 53.3 Å². The van der Waals surface area contributed by atoms with Gasteiger partial charge in [0.25, 0.3) is 0 Å². The van der Waals surface area contributed by atoms with E-state index in [1.807, 2.05) is 6.07 Å². The molecule has 3 aromatic carbocycles. The van der Waals surface area contributed by atoms with E-state index in [-0.39, 0.29) is 5.92 Å². The molecule has 24 heavy (non-hydrogen) atoms. The second-order valence-corrected chi connectivity index (χ2v) is 8.79. The molecule has 2 heterocycles. The summed E-state index contributed by atoms with van der Waals surface area (Å²) < 4.78 is 0. The van der Waals surface area contributed by atoms with E-state index >= 15 is 0 Å². The number of rotatable bonds is 2. The van der Waals surface area contributed by atoms with Gasteiger partial charge in [-0.1, -0.05) is 48.5 Å². The van der Waals surface area contributed by atoms with Crippen LogP contribution in [0.2, 0.25) is 0 Å². The third-order valence-electron chi connectivity index (χ3n) is 5.69. The highest BCUT2D eigenvalue weighted by Gasteiger charge is 2.38. The number of carbonyl (C=O) groups excluding carboxylic acids is 1. The second kappa shape index (κ2) is 5.63. The molecule has 0 saturated carbocycles. The SMILES string of the molecule is O=C(c1cc2ccccc2c2ccccc12)C1CC2CCC(C1)S2. The van der Waals surface area contributed by atoms with Crippen LogP contribution in [-0.4, -0.2) is 16.3 Å². The lowest BCUT2D eigenvalue weighted by Crippen LogP contribution is -2.25. The van der Waals surface area contributed by atoms with Crippen LogP contribution in [0.4, 0.5) is 0 Å². The van der Waals surface area contributed by atoms with Crippen LogP contribution in [0.3, 0.4) is 0 Å². The number of Topliss-reactive ketones (excluding diaryl/α,β-unsaturated/α-hetero) is 1. The first-order valence-corrected chi connectivity index (χ1v) is 9.84. The molecule has 0 radical (unpaired) electrons. The van der Waals surface area contributed by atoms with Gasteiger partial charge in [-0.3, -0.25) is 4.79 Å². The molecule has 0 N–H and O–H groups in total. The van der Waals surface area contributed by atoms with Gasteiger partial charge in [0.2, 0.25) is 0 Å². The fourth-order valence-electron chi connectivity index (χ4n) is 4.55. The molecule has 120 valence electrons. The number of hydrogen-bond acceptors (Lipinski definition) is 2. The summed E-state index contributed by atoms with van der Waals surface area (Å²) in [6, 6.07) is 18.9. The topological polar surface area (TPSA) is 17.1 Å². The fraction of sp³-hybridized carbons (Fsp3) is 0.318. The minimum Gasteiger partial charge on any atom is -0.294 e. The molecule has 2 heteroatoms. The molecule has 0 aliphatic carbocycles. The number of hydrogen-bond donors (Lipinski definition) is 0. The van der Waals surface area contributed by atoms with Crippen molar-refractivity contribution in [3.05, 3.63) is 60.2 Å². The predicted octanol–water partition coefficient (Wildman–Crippen LogP) is 5.85. The Morgan fingerprint density at radius 3 is 2.21 bits per heavy atom. The van der Waals surface area contributed by atoms with E-state index in [2.05, 4.69) is 60.3 Å². The molecular weight excluding hydrogens is 312 g/mol. The summed E-state index contributed by atoms with van der Waals surface area (Å²) in [5.74, 6) is 0.586. The van der Waals surface area contributed by atoms with Crippen LogP contribution >= 0.6 is 11.8 Å². The Kier molecular flexibility index (Phi) is 3.41. The lowest BCUT2D eigenvalue weighted by Gasteiger charge is -2.26. The van der Waals surface area contributed by atoms with Gasteiger partial charge < -0.3 is 0 Å². The van der Waals surface area contributed by atoms with Crippen molar-refractivity contribution in [3.63, 3.8) is 0 Å². The Hall–Kier alpha value is -1.80. The molecule has 2 bridgehead atoms. The minimum atomic E-state index is 0.216. The van der Waals surface area contributed by atoms with Crippen LogP contribution in [0.15, 0.2) is 54.6 Å². The van der Waals surface area contributed by atoms with E-state index in [9.17, 15) is 4.79 Å². The van der Waals surface area contributed by atoms with Crippen LogP contribution in [0.25, 0.3) is 21.5 Å². The fourth-order valence-corrected chi connectivity index (χ4v) is 6.33. The van der Waals surface area contributed by atoms with Crippen molar-refractivity contribution in [1.82, 2.24) is 0 Å². The van der Waals surface area contributed by atoms with Crippen LogP contribution in [0.5, 0.6) is 0 Å². The van der Waals surface area contributed by atoms with E-state index in [1.54, 1.807) is 0 Å². The minimum absolute atomic E-state index is 0.216. The summed E-state index contributed by atoms with van der Waals surface area (Å²) >= 11 is 2.12. The summed E-state index contributed by atoms with van der Waals surface area (Å²) in [5.41, 5.74) is 0.931.